The molecule has 3 heterocycles. The van der Waals surface area contributed by atoms with Crippen LogP contribution in [0.1, 0.15) is 35.7 Å². The molecule has 0 N–H and O–H groups in total. The second-order valence-electron chi connectivity index (χ2n) is 6.63. The third kappa shape index (κ3) is 3.69. The molecule has 2 fully saturated rings. The number of rotatable bonds is 4. The third-order valence-electron chi connectivity index (χ3n) is 4.92. The van der Waals surface area contributed by atoms with Gasteiger partial charge in [0.25, 0.3) is 5.91 Å². The highest BCUT2D eigenvalue weighted by Crippen LogP contribution is 2.24. The van der Waals surface area contributed by atoms with E-state index in [4.69, 9.17) is 9.47 Å². The van der Waals surface area contributed by atoms with Crippen molar-refractivity contribution in [3.8, 4) is 5.75 Å². The van der Waals surface area contributed by atoms with Crippen molar-refractivity contribution in [2.24, 2.45) is 0 Å². The van der Waals surface area contributed by atoms with Crippen molar-refractivity contribution < 1.29 is 14.3 Å². The van der Waals surface area contributed by atoms with E-state index in [-0.39, 0.29) is 18.1 Å². The van der Waals surface area contributed by atoms with Crippen LogP contribution in [0.2, 0.25) is 0 Å². The molecule has 1 amide bonds. The summed E-state index contributed by atoms with van der Waals surface area (Å²) in [6.07, 6.45) is 6.73. The summed E-state index contributed by atoms with van der Waals surface area (Å²) in [5.41, 5.74) is 0.709. The standard InChI is InChI=1S/C19H23N3O3/c23-19(21-11-6-16(14-21)22-10-1-9-20-22)15-2-4-17(5-3-15)25-18-7-12-24-13-8-18/h1-5,9-10,16,18H,6-8,11-14H2/t16-/m0/s1. The summed E-state index contributed by atoms with van der Waals surface area (Å²) in [5, 5.41) is 4.29. The molecule has 2 aliphatic heterocycles. The summed E-state index contributed by atoms with van der Waals surface area (Å²) in [5.74, 6) is 0.895. The molecule has 0 aliphatic carbocycles. The van der Waals surface area contributed by atoms with Crippen LogP contribution in [0.4, 0.5) is 0 Å². The van der Waals surface area contributed by atoms with Gasteiger partial charge >= 0.3 is 0 Å². The van der Waals surface area contributed by atoms with Gasteiger partial charge in [-0.2, -0.15) is 5.10 Å². The average Bonchev–Trinajstić information content (AvgIpc) is 3.34. The monoisotopic (exact) mass is 341 g/mol. The highest BCUT2D eigenvalue weighted by atomic mass is 16.5. The number of aromatic nitrogens is 2. The van der Waals surface area contributed by atoms with Crippen LogP contribution in [-0.4, -0.2) is 53.0 Å². The summed E-state index contributed by atoms with van der Waals surface area (Å²) >= 11 is 0. The van der Waals surface area contributed by atoms with Gasteiger partial charge in [-0.3, -0.25) is 9.48 Å². The van der Waals surface area contributed by atoms with Crippen LogP contribution in [0, 0.1) is 0 Å². The van der Waals surface area contributed by atoms with E-state index >= 15 is 0 Å². The van der Waals surface area contributed by atoms with Crippen molar-refractivity contribution in [2.45, 2.75) is 31.4 Å². The van der Waals surface area contributed by atoms with Crippen LogP contribution in [-0.2, 0) is 4.74 Å². The van der Waals surface area contributed by atoms with E-state index in [2.05, 4.69) is 5.10 Å². The Kier molecular flexibility index (Phi) is 4.70. The molecular weight excluding hydrogens is 318 g/mol. The molecule has 25 heavy (non-hydrogen) atoms. The van der Waals surface area contributed by atoms with E-state index in [1.54, 1.807) is 6.20 Å². The lowest BCUT2D eigenvalue weighted by molar-refractivity contribution is 0.0256. The first-order valence-electron chi connectivity index (χ1n) is 8.92. The minimum Gasteiger partial charge on any atom is -0.490 e. The summed E-state index contributed by atoms with van der Waals surface area (Å²) in [6, 6.07) is 9.70. The normalized spacial score (nSPS) is 21.4. The molecule has 2 aliphatic rings. The van der Waals surface area contributed by atoms with Gasteiger partial charge in [0, 0.05) is 43.9 Å². The molecule has 132 valence electrons. The van der Waals surface area contributed by atoms with Gasteiger partial charge in [-0.05, 0) is 36.8 Å². The first kappa shape index (κ1) is 16.1. The Hall–Kier alpha value is -2.34. The molecule has 2 aromatic rings. The predicted octanol–water partition coefficient (Wildman–Crippen LogP) is 2.53. The highest BCUT2D eigenvalue weighted by molar-refractivity contribution is 5.94. The van der Waals surface area contributed by atoms with Gasteiger partial charge in [0.05, 0.1) is 19.3 Å². The van der Waals surface area contributed by atoms with E-state index in [0.717, 1.165) is 44.8 Å². The van der Waals surface area contributed by atoms with Crippen LogP contribution < -0.4 is 4.74 Å². The maximum atomic E-state index is 12.7. The molecule has 6 nitrogen and oxygen atoms in total. The summed E-state index contributed by atoms with van der Waals surface area (Å²) in [7, 11) is 0. The van der Waals surface area contributed by atoms with E-state index < -0.39 is 0 Å². The number of amides is 1. The fourth-order valence-electron chi connectivity index (χ4n) is 3.48. The molecule has 1 aromatic carbocycles. The number of hydrogen-bond acceptors (Lipinski definition) is 4. The second kappa shape index (κ2) is 7.27. The van der Waals surface area contributed by atoms with E-state index in [1.165, 1.54) is 0 Å². The third-order valence-corrected chi connectivity index (χ3v) is 4.92. The van der Waals surface area contributed by atoms with Crippen LogP contribution in [0.5, 0.6) is 5.75 Å². The Balaban J connectivity index is 1.36. The Labute approximate surface area is 147 Å². The molecule has 1 atom stereocenters. The van der Waals surface area contributed by atoms with Crippen LogP contribution in [0.25, 0.3) is 0 Å². The molecule has 4 rings (SSSR count). The number of benzene rings is 1. The predicted molar refractivity (Wildman–Crippen MR) is 92.7 cm³/mol. The maximum Gasteiger partial charge on any atom is 0.253 e. The number of carbonyl (C=O) groups is 1. The molecule has 2 saturated heterocycles. The fourth-order valence-corrected chi connectivity index (χ4v) is 3.48. The summed E-state index contributed by atoms with van der Waals surface area (Å²) in [6.45, 7) is 2.99. The van der Waals surface area contributed by atoms with Gasteiger partial charge < -0.3 is 14.4 Å². The summed E-state index contributed by atoms with van der Waals surface area (Å²) < 4.78 is 13.3. The van der Waals surface area contributed by atoms with Crippen molar-refractivity contribution in [1.82, 2.24) is 14.7 Å². The minimum atomic E-state index is 0.0762. The number of ether oxygens (including phenoxy) is 2. The maximum absolute atomic E-state index is 12.7. The van der Waals surface area contributed by atoms with Gasteiger partial charge in [0.15, 0.2) is 0 Å². The molecule has 0 bridgehead atoms. The van der Waals surface area contributed by atoms with Gasteiger partial charge in [-0.25, -0.2) is 0 Å². The van der Waals surface area contributed by atoms with Crippen molar-refractivity contribution in [1.29, 1.82) is 0 Å². The van der Waals surface area contributed by atoms with Crippen molar-refractivity contribution >= 4 is 5.91 Å². The largest absolute Gasteiger partial charge is 0.490 e. The number of carbonyl (C=O) groups excluding carboxylic acids is 1. The van der Waals surface area contributed by atoms with Gasteiger partial charge in [0.1, 0.15) is 11.9 Å². The van der Waals surface area contributed by atoms with Gasteiger partial charge in [-0.1, -0.05) is 0 Å². The Morgan fingerprint density at radius 1 is 1.16 bits per heavy atom. The SMILES string of the molecule is O=C(c1ccc(OC2CCOCC2)cc1)N1CC[C@H](n2cccn2)C1. The Morgan fingerprint density at radius 3 is 2.68 bits per heavy atom. The molecule has 6 heteroatoms. The van der Waals surface area contributed by atoms with Crippen LogP contribution >= 0.6 is 0 Å². The highest BCUT2D eigenvalue weighted by Gasteiger charge is 2.28. The second-order valence-corrected chi connectivity index (χ2v) is 6.63. The van der Waals surface area contributed by atoms with Crippen LogP contribution in [0.15, 0.2) is 42.7 Å². The van der Waals surface area contributed by atoms with Crippen molar-refractivity contribution in [2.75, 3.05) is 26.3 Å². The zero-order valence-corrected chi connectivity index (χ0v) is 14.2. The summed E-state index contributed by atoms with van der Waals surface area (Å²) in [4.78, 5) is 14.6. The Bertz CT molecular complexity index is 693. The Morgan fingerprint density at radius 2 is 1.96 bits per heavy atom. The minimum absolute atomic E-state index is 0.0762. The first-order valence-corrected chi connectivity index (χ1v) is 8.92. The van der Waals surface area contributed by atoms with Gasteiger partial charge in [0.2, 0.25) is 0 Å². The van der Waals surface area contributed by atoms with E-state index in [9.17, 15) is 4.79 Å². The lowest BCUT2D eigenvalue weighted by atomic mass is 10.1. The van der Waals surface area contributed by atoms with Crippen LogP contribution in [0.3, 0.4) is 0 Å². The molecule has 0 radical (unpaired) electrons. The van der Waals surface area contributed by atoms with Crippen molar-refractivity contribution in [3.05, 3.63) is 48.3 Å². The van der Waals surface area contributed by atoms with Crippen molar-refractivity contribution in [3.63, 3.8) is 0 Å². The zero-order valence-electron chi connectivity index (χ0n) is 14.2. The number of hydrogen-bond donors (Lipinski definition) is 0. The van der Waals surface area contributed by atoms with E-state index in [0.29, 0.717) is 12.1 Å². The molecule has 1 aromatic heterocycles. The lowest BCUT2D eigenvalue weighted by Gasteiger charge is -2.23. The smallest absolute Gasteiger partial charge is 0.253 e. The number of likely N-dealkylation sites (tertiary alicyclic amines) is 1. The van der Waals surface area contributed by atoms with E-state index in [1.807, 2.05) is 46.1 Å². The first-order chi connectivity index (χ1) is 12.3. The van der Waals surface area contributed by atoms with Gasteiger partial charge in [-0.15, -0.1) is 0 Å². The average molecular weight is 341 g/mol. The molecule has 0 spiro atoms. The molecular formula is C19H23N3O3. The quantitative estimate of drug-likeness (QED) is 0.857. The molecule has 0 saturated carbocycles. The zero-order chi connectivity index (χ0) is 17.1. The topological polar surface area (TPSA) is 56.6 Å². The number of nitrogens with zero attached hydrogens (tertiary/aromatic N) is 3. The lowest BCUT2D eigenvalue weighted by Crippen LogP contribution is -2.29. The molecule has 0 unspecified atom stereocenters. The fraction of sp³-hybridized carbons (Fsp3) is 0.474.